The molecular formula is C20H29N5O3. The lowest BCUT2D eigenvalue weighted by Crippen LogP contribution is -2.51. The van der Waals surface area contributed by atoms with E-state index in [0.29, 0.717) is 56.8 Å². The lowest BCUT2D eigenvalue weighted by molar-refractivity contribution is -0.133. The van der Waals surface area contributed by atoms with Gasteiger partial charge >= 0.3 is 0 Å². The van der Waals surface area contributed by atoms with Crippen molar-refractivity contribution in [2.75, 3.05) is 32.7 Å². The van der Waals surface area contributed by atoms with Crippen molar-refractivity contribution in [1.29, 1.82) is 5.26 Å². The fourth-order valence-electron chi connectivity index (χ4n) is 3.54. The molecule has 2 amide bonds. The maximum Gasteiger partial charge on any atom is 0.266 e. The molecule has 0 bridgehead atoms. The number of carbonyl (C=O) groups is 2. The van der Waals surface area contributed by atoms with Gasteiger partial charge in [0.15, 0.2) is 0 Å². The van der Waals surface area contributed by atoms with Crippen molar-refractivity contribution in [3.63, 3.8) is 0 Å². The molecular weight excluding hydrogens is 358 g/mol. The Morgan fingerprint density at radius 1 is 1.21 bits per heavy atom. The van der Waals surface area contributed by atoms with E-state index >= 15 is 0 Å². The summed E-state index contributed by atoms with van der Waals surface area (Å²) in [7, 11) is 0. The fourth-order valence-corrected chi connectivity index (χ4v) is 3.54. The Morgan fingerprint density at radius 3 is 2.43 bits per heavy atom. The lowest BCUT2D eigenvalue weighted by atomic mass is 9.99. The van der Waals surface area contributed by atoms with Gasteiger partial charge in [-0.1, -0.05) is 0 Å². The monoisotopic (exact) mass is 387 g/mol. The highest BCUT2D eigenvalue weighted by molar-refractivity contribution is 5.78. The van der Waals surface area contributed by atoms with E-state index in [1.165, 1.54) is 0 Å². The molecule has 2 heterocycles. The van der Waals surface area contributed by atoms with Crippen LogP contribution in [0.2, 0.25) is 0 Å². The Kier molecular flexibility index (Phi) is 7.35. The topological polar surface area (TPSA) is 109 Å². The van der Waals surface area contributed by atoms with Crippen LogP contribution >= 0.6 is 0 Å². The Labute approximate surface area is 165 Å². The molecule has 0 aromatic carbocycles. The third-order valence-corrected chi connectivity index (χ3v) is 5.05. The summed E-state index contributed by atoms with van der Waals surface area (Å²) in [6.07, 6.45) is 0.811. The predicted octanol–water partition coefficient (Wildman–Crippen LogP) is 0.465. The summed E-state index contributed by atoms with van der Waals surface area (Å²) in [6, 6.07) is 2.06. The van der Waals surface area contributed by atoms with Gasteiger partial charge in [0, 0.05) is 44.3 Å². The molecule has 0 saturated carbocycles. The molecule has 1 aromatic heterocycles. The van der Waals surface area contributed by atoms with E-state index in [4.69, 9.17) is 5.26 Å². The van der Waals surface area contributed by atoms with Crippen LogP contribution in [0.15, 0.2) is 4.79 Å². The lowest BCUT2D eigenvalue weighted by Gasteiger charge is -2.34. The molecule has 1 aliphatic heterocycles. The zero-order valence-electron chi connectivity index (χ0n) is 17.1. The van der Waals surface area contributed by atoms with Gasteiger partial charge in [-0.2, -0.15) is 5.26 Å². The molecule has 8 nitrogen and oxygen atoms in total. The summed E-state index contributed by atoms with van der Waals surface area (Å²) in [5, 5.41) is 12.0. The summed E-state index contributed by atoms with van der Waals surface area (Å²) in [5.41, 5.74) is 1.94. The second kappa shape index (κ2) is 9.51. The minimum Gasteiger partial charge on any atom is -0.353 e. The quantitative estimate of drug-likeness (QED) is 0.737. The van der Waals surface area contributed by atoms with Crippen molar-refractivity contribution >= 4 is 11.8 Å². The molecule has 0 unspecified atom stereocenters. The van der Waals surface area contributed by atoms with Crippen LogP contribution in [-0.4, -0.2) is 65.4 Å². The highest BCUT2D eigenvalue weighted by Crippen LogP contribution is 2.16. The van der Waals surface area contributed by atoms with Crippen molar-refractivity contribution in [2.24, 2.45) is 0 Å². The van der Waals surface area contributed by atoms with Crippen molar-refractivity contribution in [3.8, 4) is 6.07 Å². The number of H-pyrrole nitrogens is 1. The fraction of sp³-hybridized carbons (Fsp3) is 0.600. The number of amides is 2. The number of aromatic nitrogens is 1. The van der Waals surface area contributed by atoms with Gasteiger partial charge in [-0.15, -0.1) is 0 Å². The first-order valence-corrected chi connectivity index (χ1v) is 9.64. The Hall–Kier alpha value is -2.66. The summed E-state index contributed by atoms with van der Waals surface area (Å²) < 4.78 is 0. The van der Waals surface area contributed by atoms with E-state index in [9.17, 15) is 14.4 Å². The molecule has 2 N–H and O–H groups in total. The van der Waals surface area contributed by atoms with Crippen LogP contribution in [0.1, 0.15) is 42.7 Å². The SMILES string of the molecule is Cc1[nH]c(=O)c(C#N)c(C)c1CCC(=O)N1CCN(CC(=O)NC(C)C)CC1. The van der Waals surface area contributed by atoms with E-state index in [1.54, 1.807) is 13.8 Å². The van der Waals surface area contributed by atoms with Crippen LogP contribution in [-0.2, 0) is 16.0 Å². The number of aromatic amines is 1. The summed E-state index contributed by atoms with van der Waals surface area (Å²) >= 11 is 0. The van der Waals surface area contributed by atoms with Crippen molar-refractivity contribution in [3.05, 3.63) is 32.7 Å². The Balaban J connectivity index is 1.88. The second-order valence-corrected chi connectivity index (χ2v) is 7.55. The van der Waals surface area contributed by atoms with Crippen LogP contribution in [0.3, 0.4) is 0 Å². The largest absolute Gasteiger partial charge is 0.353 e. The molecule has 0 spiro atoms. The zero-order chi connectivity index (χ0) is 20.8. The Bertz CT molecular complexity index is 829. The van der Waals surface area contributed by atoms with Crippen LogP contribution in [0, 0.1) is 25.2 Å². The highest BCUT2D eigenvalue weighted by atomic mass is 16.2. The summed E-state index contributed by atoms with van der Waals surface area (Å²) in [5.74, 6) is 0.0573. The van der Waals surface area contributed by atoms with E-state index in [1.807, 2.05) is 24.8 Å². The first-order valence-electron chi connectivity index (χ1n) is 9.64. The number of rotatable bonds is 6. The molecule has 1 aromatic rings. The van der Waals surface area contributed by atoms with Gasteiger partial charge in [0.05, 0.1) is 6.54 Å². The number of hydrogen-bond donors (Lipinski definition) is 2. The van der Waals surface area contributed by atoms with E-state index < -0.39 is 0 Å². The van der Waals surface area contributed by atoms with E-state index in [2.05, 4.69) is 15.2 Å². The van der Waals surface area contributed by atoms with Gasteiger partial charge in [0.25, 0.3) is 5.56 Å². The van der Waals surface area contributed by atoms with Gasteiger partial charge in [-0.25, -0.2) is 0 Å². The molecule has 152 valence electrons. The average molecular weight is 387 g/mol. The number of carbonyl (C=O) groups excluding carboxylic acids is 2. The third-order valence-electron chi connectivity index (χ3n) is 5.05. The van der Waals surface area contributed by atoms with Crippen LogP contribution in [0.4, 0.5) is 0 Å². The summed E-state index contributed by atoms with van der Waals surface area (Å²) in [6.45, 7) is 10.3. The van der Waals surface area contributed by atoms with Gasteiger partial charge in [0.2, 0.25) is 11.8 Å². The van der Waals surface area contributed by atoms with Crippen molar-refractivity contribution in [2.45, 2.75) is 46.6 Å². The normalized spacial score (nSPS) is 14.8. The van der Waals surface area contributed by atoms with Gasteiger partial charge < -0.3 is 15.2 Å². The van der Waals surface area contributed by atoms with Gasteiger partial charge in [-0.05, 0) is 45.2 Å². The second-order valence-electron chi connectivity index (χ2n) is 7.55. The molecule has 1 aliphatic rings. The summed E-state index contributed by atoms with van der Waals surface area (Å²) in [4.78, 5) is 42.8. The smallest absolute Gasteiger partial charge is 0.266 e. The average Bonchev–Trinajstić information content (AvgIpc) is 2.61. The maximum absolute atomic E-state index is 12.6. The number of piperazine rings is 1. The number of hydrogen-bond acceptors (Lipinski definition) is 5. The number of nitrogens with zero attached hydrogens (tertiary/aromatic N) is 3. The molecule has 0 radical (unpaired) electrons. The molecule has 1 fully saturated rings. The van der Waals surface area contributed by atoms with Gasteiger partial charge in [0.1, 0.15) is 11.6 Å². The number of nitrogens with one attached hydrogen (secondary N) is 2. The van der Waals surface area contributed by atoms with Crippen LogP contribution in [0.5, 0.6) is 0 Å². The highest BCUT2D eigenvalue weighted by Gasteiger charge is 2.23. The molecule has 0 aliphatic carbocycles. The number of pyridine rings is 1. The van der Waals surface area contributed by atoms with Gasteiger partial charge in [-0.3, -0.25) is 19.3 Å². The minimum atomic E-state index is -0.384. The zero-order valence-corrected chi connectivity index (χ0v) is 17.1. The molecule has 28 heavy (non-hydrogen) atoms. The number of nitriles is 1. The van der Waals surface area contributed by atoms with Crippen LogP contribution < -0.4 is 10.9 Å². The third kappa shape index (κ3) is 5.42. The van der Waals surface area contributed by atoms with Crippen molar-refractivity contribution in [1.82, 2.24) is 20.1 Å². The minimum absolute atomic E-state index is 0.00657. The van der Waals surface area contributed by atoms with E-state index in [-0.39, 0.29) is 29.0 Å². The first-order chi connectivity index (χ1) is 13.2. The predicted molar refractivity (Wildman–Crippen MR) is 106 cm³/mol. The molecule has 8 heteroatoms. The van der Waals surface area contributed by atoms with Crippen LogP contribution in [0.25, 0.3) is 0 Å². The first kappa shape index (κ1) is 21.6. The Morgan fingerprint density at radius 2 is 1.86 bits per heavy atom. The standard InChI is InChI=1S/C20H29N5O3/c1-13(2)22-18(26)12-24-7-9-25(10-8-24)19(27)6-5-16-14(3)17(11-21)20(28)23-15(16)4/h13H,5-10,12H2,1-4H3,(H,22,26)(H,23,28). The van der Waals surface area contributed by atoms with Crippen molar-refractivity contribution < 1.29 is 9.59 Å². The molecule has 1 saturated heterocycles. The van der Waals surface area contributed by atoms with E-state index in [0.717, 1.165) is 5.56 Å². The molecule has 0 atom stereocenters. The number of aryl methyl sites for hydroxylation is 1. The maximum atomic E-state index is 12.6. The molecule has 2 rings (SSSR count).